The predicted molar refractivity (Wildman–Crippen MR) is 157 cm³/mol. The number of aliphatic hydroxyl groups excluding tert-OH is 1. The molecule has 0 aliphatic carbocycles. The Labute approximate surface area is 235 Å². The number of nitrogens with one attached hydrogen (secondary N) is 4. The molecular formula is C29H29N9O3. The number of nitrogens with zero attached hydrogens (tertiary/aromatic N) is 5. The third kappa shape index (κ3) is 5.87. The summed E-state index contributed by atoms with van der Waals surface area (Å²) in [5, 5.41) is 19.2. The minimum absolute atomic E-state index is 0.238. The first kappa shape index (κ1) is 26.0. The number of aromatic amines is 1. The van der Waals surface area contributed by atoms with Crippen molar-refractivity contribution in [2.75, 3.05) is 41.0 Å². The van der Waals surface area contributed by atoms with E-state index in [2.05, 4.69) is 40.8 Å². The Morgan fingerprint density at radius 2 is 1.90 bits per heavy atom. The molecule has 0 bridgehead atoms. The molecule has 0 saturated carbocycles. The van der Waals surface area contributed by atoms with Gasteiger partial charge in [-0.3, -0.25) is 9.78 Å². The van der Waals surface area contributed by atoms with Gasteiger partial charge in [0.25, 0.3) is 5.91 Å². The number of anilines is 6. The molecule has 0 spiro atoms. The molecule has 2 aromatic carbocycles. The monoisotopic (exact) mass is 551 g/mol. The predicted octanol–water partition coefficient (Wildman–Crippen LogP) is 4.46. The van der Waals surface area contributed by atoms with E-state index in [9.17, 15) is 9.90 Å². The van der Waals surface area contributed by atoms with E-state index in [0.717, 1.165) is 31.6 Å². The van der Waals surface area contributed by atoms with E-state index in [0.29, 0.717) is 51.3 Å². The molecule has 0 atom stereocenters. The van der Waals surface area contributed by atoms with Crippen LogP contribution in [0.15, 0.2) is 73.3 Å². The number of hydrogen-bond donors (Lipinski definition) is 5. The molecule has 1 amide bonds. The highest BCUT2D eigenvalue weighted by Gasteiger charge is 2.19. The number of rotatable bonds is 8. The van der Waals surface area contributed by atoms with Crippen molar-refractivity contribution in [3.05, 3.63) is 78.9 Å². The summed E-state index contributed by atoms with van der Waals surface area (Å²) in [4.78, 5) is 35.7. The molecule has 6 rings (SSSR count). The number of methoxy groups -OCH3 is 1. The minimum atomic E-state index is -0.255. The van der Waals surface area contributed by atoms with Gasteiger partial charge in [0, 0.05) is 42.3 Å². The minimum Gasteiger partial charge on any atom is -0.494 e. The molecule has 1 aliphatic rings. The van der Waals surface area contributed by atoms with Crippen molar-refractivity contribution >= 4 is 51.6 Å². The fraction of sp³-hybridized carbons (Fsp3) is 0.207. The van der Waals surface area contributed by atoms with Gasteiger partial charge in [-0.2, -0.15) is 9.97 Å². The Morgan fingerprint density at radius 3 is 2.71 bits per heavy atom. The molecule has 1 saturated heterocycles. The fourth-order valence-corrected chi connectivity index (χ4v) is 4.72. The van der Waals surface area contributed by atoms with Crippen LogP contribution in [0.4, 0.5) is 34.5 Å². The molecule has 0 unspecified atom stereocenters. The van der Waals surface area contributed by atoms with Crippen LogP contribution >= 0.6 is 0 Å². The van der Waals surface area contributed by atoms with Crippen LogP contribution in [0.3, 0.4) is 0 Å². The van der Waals surface area contributed by atoms with E-state index in [4.69, 9.17) is 9.72 Å². The highest BCUT2D eigenvalue weighted by molar-refractivity contribution is 6.04. The average Bonchev–Trinajstić information content (AvgIpc) is 3.48. The third-order valence-electron chi connectivity index (χ3n) is 6.85. The molecule has 1 fully saturated rings. The summed E-state index contributed by atoms with van der Waals surface area (Å²) in [6, 6.07) is 16.6. The van der Waals surface area contributed by atoms with Crippen molar-refractivity contribution in [1.29, 1.82) is 0 Å². The van der Waals surface area contributed by atoms with Crippen LogP contribution in [0.2, 0.25) is 0 Å². The van der Waals surface area contributed by atoms with Crippen molar-refractivity contribution in [3.63, 3.8) is 0 Å². The van der Waals surface area contributed by atoms with E-state index in [1.54, 1.807) is 56.2 Å². The van der Waals surface area contributed by atoms with Gasteiger partial charge in [0.2, 0.25) is 5.95 Å². The normalized spacial score (nSPS) is 13.7. The lowest BCUT2D eigenvalue weighted by Gasteiger charge is -2.31. The Hall–Kier alpha value is -5.23. The number of amides is 1. The lowest BCUT2D eigenvalue weighted by molar-refractivity contribution is 0.102. The van der Waals surface area contributed by atoms with E-state index in [1.165, 1.54) is 0 Å². The van der Waals surface area contributed by atoms with Gasteiger partial charge in [-0.05, 0) is 55.3 Å². The number of benzene rings is 2. The maximum atomic E-state index is 12.8. The Kier molecular flexibility index (Phi) is 7.28. The molecule has 0 radical (unpaired) electrons. The topological polar surface area (TPSA) is 153 Å². The standard InChI is InChI=1S/C29H29N9O3/c1-41-24-15-21(38-12-9-22(39)10-13-38)7-8-23(24)35-29-36-26-25(31-17-32-26)27(37-29)33-19-5-2-4-18(14-19)28(40)34-20-6-3-11-30-16-20/h2-8,11,14-17,22,39H,9-10,12-13H2,1H3,(H,34,40)(H3,31,32,33,35,36,37). The Bertz CT molecular complexity index is 1670. The van der Waals surface area contributed by atoms with E-state index in [-0.39, 0.29) is 12.0 Å². The molecule has 5 N–H and O–H groups in total. The number of H-pyrrole nitrogens is 1. The van der Waals surface area contributed by atoms with Crippen molar-refractivity contribution in [2.24, 2.45) is 0 Å². The van der Waals surface area contributed by atoms with Gasteiger partial charge in [-0.1, -0.05) is 6.07 Å². The Balaban J connectivity index is 1.23. The highest BCUT2D eigenvalue weighted by Crippen LogP contribution is 2.33. The second-order valence-electron chi connectivity index (χ2n) is 9.63. The summed E-state index contributed by atoms with van der Waals surface area (Å²) in [6.07, 6.45) is 6.04. The van der Waals surface area contributed by atoms with Gasteiger partial charge in [0.1, 0.15) is 11.3 Å². The molecule has 3 aromatic heterocycles. The van der Waals surface area contributed by atoms with Gasteiger partial charge >= 0.3 is 0 Å². The summed E-state index contributed by atoms with van der Waals surface area (Å²) >= 11 is 0. The van der Waals surface area contributed by atoms with Crippen LogP contribution < -0.4 is 25.6 Å². The zero-order valence-corrected chi connectivity index (χ0v) is 22.3. The first-order valence-electron chi connectivity index (χ1n) is 13.2. The number of carbonyl (C=O) groups excluding carboxylic acids is 1. The van der Waals surface area contributed by atoms with Gasteiger partial charge in [0.05, 0.1) is 37.1 Å². The second kappa shape index (κ2) is 11.5. The fourth-order valence-electron chi connectivity index (χ4n) is 4.72. The maximum absolute atomic E-state index is 12.8. The van der Waals surface area contributed by atoms with Crippen molar-refractivity contribution in [2.45, 2.75) is 18.9 Å². The Morgan fingerprint density at radius 1 is 1.05 bits per heavy atom. The summed E-state index contributed by atoms with van der Waals surface area (Å²) in [5.41, 5.74) is 4.56. The van der Waals surface area contributed by atoms with Crippen molar-refractivity contribution in [1.82, 2.24) is 24.9 Å². The number of hydrogen-bond acceptors (Lipinski definition) is 10. The SMILES string of the molecule is COc1cc(N2CCC(O)CC2)ccc1Nc1nc(Nc2cccc(C(=O)Nc3cccnc3)c2)c2[nH]cnc2n1. The molecule has 12 nitrogen and oxygen atoms in total. The van der Waals surface area contributed by atoms with E-state index < -0.39 is 0 Å². The number of piperidine rings is 1. The van der Waals surface area contributed by atoms with E-state index in [1.807, 2.05) is 24.3 Å². The molecule has 208 valence electrons. The number of pyridine rings is 1. The first-order chi connectivity index (χ1) is 20.1. The largest absolute Gasteiger partial charge is 0.494 e. The third-order valence-corrected chi connectivity index (χ3v) is 6.85. The number of fused-ring (bicyclic) bond motifs is 1. The quantitative estimate of drug-likeness (QED) is 0.187. The van der Waals surface area contributed by atoms with Crippen molar-refractivity contribution < 1.29 is 14.6 Å². The van der Waals surface area contributed by atoms with Crippen LogP contribution in [-0.4, -0.2) is 62.2 Å². The number of aromatic nitrogens is 5. The smallest absolute Gasteiger partial charge is 0.255 e. The zero-order valence-electron chi connectivity index (χ0n) is 22.3. The lowest BCUT2D eigenvalue weighted by Crippen LogP contribution is -2.35. The highest BCUT2D eigenvalue weighted by atomic mass is 16.5. The molecule has 5 aromatic rings. The van der Waals surface area contributed by atoms with Crippen LogP contribution in [-0.2, 0) is 0 Å². The van der Waals surface area contributed by atoms with Gasteiger partial charge in [-0.25, -0.2) is 4.98 Å². The van der Waals surface area contributed by atoms with E-state index >= 15 is 0 Å². The first-order valence-corrected chi connectivity index (χ1v) is 13.2. The molecule has 41 heavy (non-hydrogen) atoms. The average molecular weight is 552 g/mol. The number of imidazole rings is 1. The number of ether oxygens (including phenoxy) is 1. The number of aliphatic hydroxyl groups is 1. The lowest BCUT2D eigenvalue weighted by atomic mass is 10.1. The van der Waals surface area contributed by atoms with Gasteiger partial charge in [-0.15, -0.1) is 0 Å². The van der Waals surface area contributed by atoms with Crippen LogP contribution in [0.25, 0.3) is 11.2 Å². The van der Waals surface area contributed by atoms with Gasteiger partial charge in [0.15, 0.2) is 11.5 Å². The molecule has 12 heteroatoms. The summed E-state index contributed by atoms with van der Waals surface area (Å²) < 4.78 is 5.67. The zero-order chi connectivity index (χ0) is 28.2. The van der Waals surface area contributed by atoms with Crippen LogP contribution in [0, 0.1) is 0 Å². The maximum Gasteiger partial charge on any atom is 0.255 e. The van der Waals surface area contributed by atoms with Gasteiger partial charge < -0.3 is 35.7 Å². The summed E-state index contributed by atoms with van der Waals surface area (Å²) in [6.45, 7) is 1.58. The molecule has 1 aliphatic heterocycles. The number of carbonyl (C=O) groups is 1. The summed E-state index contributed by atoms with van der Waals surface area (Å²) in [7, 11) is 1.62. The summed E-state index contributed by atoms with van der Waals surface area (Å²) in [5.74, 6) is 1.20. The molecular weight excluding hydrogens is 522 g/mol. The van der Waals surface area contributed by atoms with Crippen LogP contribution in [0.1, 0.15) is 23.2 Å². The molecule has 4 heterocycles. The van der Waals surface area contributed by atoms with Crippen LogP contribution in [0.5, 0.6) is 5.75 Å². The second-order valence-corrected chi connectivity index (χ2v) is 9.63. The van der Waals surface area contributed by atoms with Crippen molar-refractivity contribution in [3.8, 4) is 5.75 Å².